The molecule has 2 heterocycles. The summed E-state index contributed by atoms with van der Waals surface area (Å²) in [5.74, 6) is -1.57. The van der Waals surface area contributed by atoms with Gasteiger partial charge in [-0.3, -0.25) is 9.59 Å². The van der Waals surface area contributed by atoms with E-state index >= 15 is 0 Å². The second-order valence-corrected chi connectivity index (χ2v) is 3.17. The molecule has 0 saturated carbocycles. The van der Waals surface area contributed by atoms with Crippen molar-refractivity contribution in [1.29, 1.82) is 0 Å². The monoisotopic (exact) mass is 193 g/mol. The van der Waals surface area contributed by atoms with E-state index in [2.05, 4.69) is 15.2 Å². The molecule has 5 nitrogen and oxygen atoms in total. The van der Waals surface area contributed by atoms with Crippen LogP contribution in [-0.4, -0.2) is 17.6 Å². The fourth-order valence-corrected chi connectivity index (χ4v) is 1.46. The molecule has 0 saturated heterocycles. The van der Waals surface area contributed by atoms with E-state index in [1.165, 1.54) is 11.3 Å². The Hall–Kier alpha value is -1.69. The summed E-state index contributed by atoms with van der Waals surface area (Å²) in [5, 5.41) is 8.51. The highest BCUT2D eigenvalue weighted by Crippen LogP contribution is 2.13. The minimum absolute atomic E-state index is 0.208. The summed E-state index contributed by atoms with van der Waals surface area (Å²) >= 11 is 1.38. The molecule has 2 rings (SSSR count). The molecule has 0 unspecified atom stereocenters. The zero-order chi connectivity index (χ0) is 9.26. The van der Waals surface area contributed by atoms with Crippen molar-refractivity contribution in [3.05, 3.63) is 22.4 Å². The van der Waals surface area contributed by atoms with Crippen molar-refractivity contribution in [1.82, 2.24) is 0 Å². The summed E-state index contributed by atoms with van der Waals surface area (Å²) in [6, 6.07) is 3.56. The highest BCUT2D eigenvalue weighted by Gasteiger charge is 2.19. The standard InChI is InChI=1S/C7H3N3O2S/c11-6-7(12)10-9-5(8-6)4-2-1-3-13-4/h1-3H. The fraction of sp³-hybridized carbons (Fsp3) is 0. The Balaban J connectivity index is 2.38. The van der Waals surface area contributed by atoms with E-state index in [1.54, 1.807) is 12.1 Å². The van der Waals surface area contributed by atoms with Gasteiger partial charge in [-0.15, -0.1) is 16.5 Å². The number of aliphatic imine (C=N–C) groups is 1. The Bertz CT molecular complexity index is 419. The average Bonchev–Trinajstić information content (AvgIpc) is 2.62. The molecule has 0 N–H and O–H groups in total. The van der Waals surface area contributed by atoms with Crippen molar-refractivity contribution < 1.29 is 9.59 Å². The van der Waals surface area contributed by atoms with Gasteiger partial charge in [0.1, 0.15) is 0 Å². The van der Waals surface area contributed by atoms with Crippen LogP contribution in [0.2, 0.25) is 0 Å². The Morgan fingerprint density at radius 1 is 1.15 bits per heavy atom. The maximum Gasteiger partial charge on any atom is 0.355 e. The second-order valence-electron chi connectivity index (χ2n) is 2.22. The molecule has 64 valence electrons. The fourth-order valence-electron chi connectivity index (χ4n) is 0.812. The first kappa shape index (κ1) is 7.93. The van der Waals surface area contributed by atoms with Gasteiger partial charge in [0.05, 0.1) is 4.88 Å². The van der Waals surface area contributed by atoms with Crippen LogP contribution in [0.1, 0.15) is 4.88 Å². The number of rotatable bonds is 1. The van der Waals surface area contributed by atoms with Gasteiger partial charge in [-0.2, -0.15) is 4.99 Å². The molecular formula is C7H3N3O2S. The van der Waals surface area contributed by atoms with Gasteiger partial charge < -0.3 is 0 Å². The van der Waals surface area contributed by atoms with Gasteiger partial charge >= 0.3 is 11.8 Å². The number of carbonyl (C=O) groups is 2. The van der Waals surface area contributed by atoms with Gasteiger partial charge in [0.15, 0.2) is 5.84 Å². The molecule has 0 aromatic carbocycles. The van der Waals surface area contributed by atoms with Crippen LogP contribution in [0.25, 0.3) is 0 Å². The van der Waals surface area contributed by atoms with E-state index in [-0.39, 0.29) is 5.84 Å². The maximum absolute atomic E-state index is 10.8. The Kier molecular flexibility index (Phi) is 1.82. The molecule has 0 aliphatic carbocycles. The topological polar surface area (TPSA) is 71.2 Å². The van der Waals surface area contributed by atoms with Gasteiger partial charge in [0.25, 0.3) is 0 Å². The summed E-state index contributed by atoms with van der Waals surface area (Å²) in [5.41, 5.74) is 0. The van der Waals surface area contributed by atoms with E-state index in [9.17, 15) is 9.59 Å². The molecule has 0 atom stereocenters. The van der Waals surface area contributed by atoms with Crippen molar-refractivity contribution in [2.24, 2.45) is 15.2 Å². The lowest BCUT2D eigenvalue weighted by Gasteiger charge is -1.97. The summed E-state index contributed by atoms with van der Waals surface area (Å²) in [4.78, 5) is 25.6. The number of azo groups is 1. The number of amidine groups is 1. The molecule has 2 amide bonds. The number of thiophene rings is 1. The van der Waals surface area contributed by atoms with Crippen LogP contribution in [0.3, 0.4) is 0 Å². The maximum atomic E-state index is 10.8. The number of nitrogens with zero attached hydrogens (tertiary/aromatic N) is 3. The van der Waals surface area contributed by atoms with Crippen LogP contribution in [0.4, 0.5) is 0 Å². The smallest absolute Gasteiger partial charge is 0.261 e. The predicted molar refractivity (Wildman–Crippen MR) is 45.7 cm³/mol. The van der Waals surface area contributed by atoms with Crippen LogP contribution in [0, 0.1) is 0 Å². The van der Waals surface area contributed by atoms with E-state index < -0.39 is 11.8 Å². The van der Waals surface area contributed by atoms with Crippen LogP contribution in [0.5, 0.6) is 0 Å². The second kappa shape index (κ2) is 2.98. The zero-order valence-electron chi connectivity index (χ0n) is 6.30. The highest BCUT2D eigenvalue weighted by atomic mass is 32.1. The van der Waals surface area contributed by atoms with Crippen molar-refractivity contribution in [3.8, 4) is 0 Å². The lowest BCUT2D eigenvalue weighted by molar-refractivity contribution is -0.135. The lowest BCUT2D eigenvalue weighted by atomic mass is 10.4. The number of amides is 2. The largest absolute Gasteiger partial charge is 0.355 e. The molecule has 1 aliphatic rings. The first-order valence-corrected chi connectivity index (χ1v) is 4.28. The molecule has 0 spiro atoms. The molecule has 6 heteroatoms. The summed E-state index contributed by atoms with van der Waals surface area (Å²) in [6.45, 7) is 0. The number of carbonyl (C=O) groups excluding carboxylic acids is 2. The Morgan fingerprint density at radius 2 is 2.00 bits per heavy atom. The predicted octanol–water partition coefficient (Wildman–Crippen LogP) is 1.01. The third-order valence-corrected chi connectivity index (χ3v) is 2.23. The number of hydrogen-bond donors (Lipinski definition) is 0. The van der Waals surface area contributed by atoms with Crippen molar-refractivity contribution in [3.63, 3.8) is 0 Å². The molecule has 1 aromatic heterocycles. The summed E-state index contributed by atoms with van der Waals surface area (Å²) < 4.78 is 0. The summed E-state index contributed by atoms with van der Waals surface area (Å²) in [6.07, 6.45) is 0. The van der Waals surface area contributed by atoms with Gasteiger partial charge in [-0.1, -0.05) is 11.2 Å². The minimum Gasteiger partial charge on any atom is -0.261 e. The highest BCUT2D eigenvalue weighted by molar-refractivity contribution is 7.12. The molecule has 1 aromatic rings. The first-order valence-electron chi connectivity index (χ1n) is 3.40. The lowest BCUT2D eigenvalue weighted by Crippen LogP contribution is -2.15. The van der Waals surface area contributed by atoms with E-state index in [4.69, 9.17) is 0 Å². The molecular weight excluding hydrogens is 190 g/mol. The number of hydrogen-bond acceptors (Lipinski definition) is 4. The zero-order valence-corrected chi connectivity index (χ0v) is 7.11. The molecule has 0 fully saturated rings. The van der Waals surface area contributed by atoms with E-state index in [0.717, 1.165) is 4.88 Å². The molecule has 0 bridgehead atoms. The molecule has 1 aliphatic heterocycles. The van der Waals surface area contributed by atoms with E-state index in [0.29, 0.717) is 0 Å². The van der Waals surface area contributed by atoms with Crippen LogP contribution >= 0.6 is 11.3 Å². The van der Waals surface area contributed by atoms with Crippen molar-refractivity contribution >= 4 is 29.0 Å². The SMILES string of the molecule is O=C1N=NC(c2cccs2)=NC1=O. The Labute approximate surface area is 76.8 Å². The average molecular weight is 193 g/mol. The quantitative estimate of drug-likeness (QED) is 0.624. The Morgan fingerprint density at radius 3 is 2.62 bits per heavy atom. The normalized spacial score (nSPS) is 16.2. The third-order valence-electron chi connectivity index (χ3n) is 1.37. The van der Waals surface area contributed by atoms with Crippen molar-refractivity contribution in [2.75, 3.05) is 0 Å². The van der Waals surface area contributed by atoms with Crippen LogP contribution in [-0.2, 0) is 9.59 Å². The van der Waals surface area contributed by atoms with Gasteiger partial charge in [0.2, 0.25) is 0 Å². The molecule has 13 heavy (non-hydrogen) atoms. The van der Waals surface area contributed by atoms with E-state index in [1.807, 2.05) is 5.38 Å². The van der Waals surface area contributed by atoms with Gasteiger partial charge in [-0.05, 0) is 11.4 Å². The molecule has 0 radical (unpaired) electrons. The van der Waals surface area contributed by atoms with Crippen molar-refractivity contribution in [2.45, 2.75) is 0 Å². The third kappa shape index (κ3) is 1.43. The van der Waals surface area contributed by atoms with Gasteiger partial charge in [0, 0.05) is 0 Å². The van der Waals surface area contributed by atoms with Crippen LogP contribution in [0.15, 0.2) is 32.7 Å². The minimum atomic E-state index is -0.916. The summed E-state index contributed by atoms with van der Waals surface area (Å²) in [7, 11) is 0. The van der Waals surface area contributed by atoms with Gasteiger partial charge in [-0.25, -0.2) is 0 Å². The first-order chi connectivity index (χ1) is 6.27. The van der Waals surface area contributed by atoms with Crippen LogP contribution < -0.4 is 0 Å².